The van der Waals surface area contributed by atoms with E-state index in [2.05, 4.69) is 25.6 Å². The topological polar surface area (TPSA) is 144 Å². The molecule has 0 radical (unpaired) electrons. The van der Waals surface area contributed by atoms with Crippen molar-refractivity contribution in [3.05, 3.63) is 11.6 Å². The van der Waals surface area contributed by atoms with E-state index in [4.69, 9.17) is 21.1 Å². The zero-order valence-electron chi connectivity index (χ0n) is 18.2. The first-order valence-electron chi connectivity index (χ1n) is 10.8. The van der Waals surface area contributed by atoms with Crippen LogP contribution in [0.4, 0.5) is 5.82 Å². The van der Waals surface area contributed by atoms with Gasteiger partial charge in [0.1, 0.15) is 24.5 Å². The van der Waals surface area contributed by atoms with Crippen molar-refractivity contribution in [2.75, 3.05) is 12.4 Å². The van der Waals surface area contributed by atoms with Crippen LogP contribution in [-0.2, 0) is 14.3 Å². The van der Waals surface area contributed by atoms with Crippen molar-refractivity contribution in [3.8, 4) is 0 Å². The molecule has 1 aliphatic heterocycles. The molecule has 0 aromatic carbocycles. The van der Waals surface area contributed by atoms with E-state index in [0.717, 1.165) is 25.7 Å². The molecule has 1 aliphatic carbocycles. The van der Waals surface area contributed by atoms with Gasteiger partial charge in [-0.15, -0.1) is 0 Å². The molecule has 2 aromatic heterocycles. The number of carbonyl (C=O) groups excluding carboxylic acids is 1. The Morgan fingerprint density at radius 3 is 2.66 bits per heavy atom. The first-order valence-corrected chi connectivity index (χ1v) is 11.2. The van der Waals surface area contributed by atoms with Gasteiger partial charge in [-0.3, -0.25) is 14.7 Å². The summed E-state index contributed by atoms with van der Waals surface area (Å²) in [5.74, 6) is -0.0813. The Bertz CT molecular complexity index is 965. The zero-order valence-corrected chi connectivity index (χ0v) is 19.0. The lowest BCUT2D eigenvalue weighted by Crippen LogP contribution is -2.51. The monoisotopic (exact) mass is 468 g/mol. The maximum Gasteiger partial charge on any atom is 0.323 e. The van der Waals surface area contributed by atoms with Crippen LogP contribution in [0.2, 0.25) is 5.28 Å². The average Bonchev–Trinajstić information content (AvgIpc) is 3.47. The van der Waals surface area contributed by atoms with Crippen LogP contribution < -0.4 is 10.6 Å². The fourth-order valence-electron chi connectivity index (χ4n) is 4.30. The fourth-order valence-corrected chi connectivity index (χ4v) is 4.47. The van der Waals surface area contributed by atoms with E-state index < -0.39 is 36.7 Å². The van der Waals surface area contributed by atoms with E-state index in [0.29, 0.717) is 23.0 Å². The molecule has 0 spiro atoms. The van der Waals surface area contributed by atoms with Crippen molar-refractivity contribution in [2.45, 2.75) is 76.3 Å². The van der Waals surface area contributed by atoms with E-state index in [-0.39, 0.29) is 11.2 Å². The van der Waals surface area contributed by atoms with Gasteiger partial charge < -0.3 is 25.0 Å². The molecular formula is C20H29ClN6O5. The molecule has 12 heteroatoms. The molecule has 11 nitrogen and oxygen atoms in total. The highest BCUT2D eigenvalue weighted by atomic mass is 35.5. The number of nitrogens with one attached hydrogen (secondary N) is 2. The number of carbonyl (C=O) groups is 1. The van der Waals surface area contributed by atoms with E-state index in [1.807, 2.05) is 13.8 Å². The number of methoxy groups -OCH3 is 1. The average molecular weight is 469 g/mol. The summed E-state index contributed by atoms with van der Waals surface area (Å²) in [5.41, 5.74) is 0.869. The number of anilines is 1. The molecule has 4 N–H and O–H groups in total. The number of nitrogens with zero attached hydrogens (tertiary/aromatic N) is 4. The number of aromatic nitrogens is 4. The van der Waals surface area contributed by atoms with Crippen molar-refractivity contribution in [1.82, 2.24) is 24.8 Å². The second-order valence-corrected chi connectivity index (χ2v) is 8.97. The lowest BCUT2D eigenvalue weighted by Gasteiger charge is -2.25. The highest BCUT2D eigenvalue weighted by Crippen LogP contribution is 2.33. The van der Waals surface area contributed by atoms with Crippen LogP contribution in [0.1, 0.15) is 45.8 Å². The quantitative estimate of drug-likeness (QED) is 0.345. The summed E-state index contributed by atoms with van der Waals surface area (Å²) >= 11 is 6.17. The summed E-state index contributed by atoms with van der Waals surface area (Å²) in [4.78, 5) is 25.1. The van der Waals surface area contributed by atoms with Crippen LogP contribution in [0.25, 0.3) is 11.2 Å². The summed E-state index contributed by atoms with van der Waals surface area (Å²) in [7, 11) is 1.29. The molecule has 3 heterocycles. The smallest absolute Gasteiger partial charge is 0.323 e. The Kier molecular flexibility index (Phi) is 6.82. The maximum absolute atomic E-state index is 12.1. The molecule has 1 saturated heterocycles. The minimum atomic E-state index is -1.30. The standard InChI is InChI=1S/C20H29ClN6O5/c1-9(2)11(19(30)31-3)24-17-13(28)14(29)18(32-17)27-8-22-12-15(23-10-6-4-5-7-10)25-20(21)26-16(12)27/h8-11,13-14,17-18,24,28-29H,4-7H2,1-3H3,(H,23,25,26)/t11-,13-,14+,17+,18+/m0/s1. The van der Waals surface area contributed by atoms with Crippen molar-refractivity contribution in [2.24, 2.45) is 5.92 Å². The Morgan fingerprint density at radius 2 is 2.00 bits per heavy atom. The second-order valence-electron chi connectivity index (χ2n) is 8.63. The van der Waals surface area contributed by atoms with Crippen molar-refractivity contribution >= 4 is 34.6 Å². The third kappa shape index (κ3) is 4.40. The number of hydrogen-bond acceptors (Lipinski definition) is 10. The van der Waals surface area contributed by atoms with E-state index >= 15 is 0 Å². The van der Waals surface area contributed by atoms with Crippen LogP contribution in [-0.4, -0.2) is 73.3 Å². The summed E-state index contributed by atoms with van der Waals surface area (Å²) in [6, 6.07) is -0.423. The largest absolute Gasteiger partial charge is 0.468 e. The fraction of sp³-hybridized carbons (Fsp3) is 0.700. The van der Waals surface area contributed by atoms with Gasteiger partial charge in [-0.25, -0.2) is 4.98 Å². The van der Waals surface area contributed by atoms with Crippen LogP contribution in [0, 0.1) is 5.92 Å². The minimum Gasteiger partial charge on any atom is -0.468 e. The highest BCUT2D eigenvalue weighted by Gasteiger charge is 2.46. The van der Waals surface area contributed by atoms with Crippen LogP contribution in [0.15, 0.2) is 6.33 Å². The molecule has 0 amide bonds. The van der Waals surface area contributed by atoms with Crippen molar-refractivity contribution in [1.29, 1.82) is 0 Å². The molecule has 176 valence electrons. The lowest BCUT2D eigenvalue weighted by atomic mass is 10.0. The number of aliphatic hydroxyl groups excluding tert-OH is 2. The minimum absolute atomic E-state index is 0.0352. The Balaban J connectivity index is 1.60. The molecule has 5 atom stereocenters. The third-order valence-corrected chi connectivity index (χ3v) is 6.24. The number of ether oxygens (including phenoxy) is 2. The van der Waals surface area contributed by atoms with Gasteiger partial charge in [0, 0.05) is 6.04 Å². The van der Waals surface area contributed by atoms with E-state index in [1.54, 1.807) is 0 Å². The third-order valence-electron chi connectivity index (χ3n) is 6.07. The molecule has 2 aliphatic rings. The molecular weight excluding hydrogens is 440 g/mol. The zero-order chi connectivity index (χ0) is 23.0. The second kappa shape index (κ2) is 9.44. The van der Waals surface area contributed by atoms with Gasteiger partial charge in [0.25, 0.3) is 0 Å². The first-order chi connectivity index (χ1) is 15.3. The molecule has 0 unspecified atom stereocenters. The summed E-state index contributed by atoms with van der Waals surface area (Å²) < 4.78 is 12.3. The highest BCUT2D eigenvalue weighted by molar-refractivity contribution is 6.28. The van der Waals surface area contributed by atoms with Gasteiger partial charge in [-0.2, -0.15) is 9.97 Å². The Labute approximate surface area is 190 Å². The molecule has 0 bridgehead atoms. The lowest BCUT2D eigenvalue weighted by molar-refractivity contribution is -0.147. The summed E-state index contributed by atoms with van der Waals surface area (Å²) in [6.45, 7) is 3.68. The van der Waals surface area contributed by atoms with Gasteiger partial charge in [0.2, 0.25) is 5.28 Å². The number of esters is 1. The molecule has 2 aromatic rings. The Morgan fingerprint density at radius 1 is 1.28 bits per heavy atom. The maximum atomic E-state index is 12.1. The predicted octanol–water partition coefficient (Wildman–Crippen LogP) is 1.20. The Hall–Kier alpha value is -2.05. The number of hydrogen-bond donors (Lipinski definition) is 4. The van der Waals surface area contributed by atoms with Gasteiger partial charge in [-0.1, -0.05) is 26.7 Å². The van der Waals surface area contributed by atoms with Crippen LogP contribution >= 0.6 is 11.6 Å². The number of aliphatic hydroxyl groups is 2. The number of rotatable bonds is 7. The van der Waals surface area contributed by atoms with Gasteiger partial charge in [-0.05, 0) is 30.4 Å². The molecule has 4 rings (SSSR count). The number of fused-ring (bicyclic) bond motifs is 1. The van der Waals surface area contributed by atoms with E-state index in [1.165, 1.54) is 18.0 Å². The summed E-state index contributed by atoms with van der Waals surface area (Å²) in [6.07, 6.45) is 1.29. The SMILES string of the molecule is COC(=O)[C@@H](N[C@@H]1O[C@@H](n2cnc3c(NC4CCCC4)nc(Cl)nc32)[C@H](O)[C@@H]1O)C(C)C. The normalized spacial score (nSPS) is 27.3. The van der Waals surface area contributed by atoms with Gasteiger partial charge in [0.05, 0.1) is 13.4 Å². The van der Waals surface area contributed by atoms with Crippen LogP contribution in [0.5, 0.6) is 0 Å². The predicted molar refractivity (Wildman–Crippen MR) is 116 cm³/mol. The number of halogens is 1. The summed E-state index contributed by atoms with van der Waals surface area (Å²) in [5, 5.41) is 27.7. The first kappa shape index (κ1) is 23.1. The van der Waals surface area contributed by atoms with E-state index in [9.17, 15) is 15.0 Å². The van der Waals surface area contributed by atoms with Crippen molar-refractivity contribution < 1.29 is 24.5 Å². The number of imidazole rings is 1. The molecule has 32 heavy (non-hydrogen) atoms. The van der Waals surface area contributed by atoms with Gasteiger partial charge in [0.15, 0.2) is 23.2 Å². The van der Waals surface area contributed by atoms with Crippen LogP contribution in [0.3, 0.4) is 0 Å². The molecule has 1 saturated carbocycles. The van der Waals surface area contributed by atoms with Crippen molar-refractivity contribution in [3.63, 3.8) is 0 Å². The molecule has 2 fully saturated rings. The van der Waals surface area contributed by atoms with Gasteiger partial charge >= 0.3 is 5.97 Å².